The molecule has 6 heteroatoms. The van der Waals surface area contributed by atoms with Crippen LogP contribution in [-0.2, 0) is 12.7 Å². The molecule has 3 nitrogen and oxygen atoms in total. The Bertz CT molecular complexity index is 690. The van der Waals surface area contributed by atoms with Gasteiger partial charge in [0.15, 0.2) is 0 Å². The highest BCUT2D eigenvalue weighted by Gasteiger charge is 2.33. The Hall–Kier alpha value is -2.24. The van der Waals surface area contributed by atoms with Crippen LogP contribution in [0.1, 0.15) is 16.8 Å². The van der Waals surface area contributed by atoms with Crippen molar-refractivity contribution < 1.29 is 13.2 Å². The fourth-order valence-electron chi connectivity index (χ4n) is 1.99. The number of hydrogen-bond donors (Lipinski definition) is 1. The fourth-order valence-corrected chi connectivity index (χ4v) is 1.99. The van der Waals surface area contributed by atoms with Crippen molar-refractivity contribution in [1.82, 2.24) is 4.57 Å². The lowest BCUT2D eigenvalue weighted by molar-refractivity contribution is -0.138. The molecule has 0 aliphatic carbocycles. The van der Waals surface area contributed by atoms with Gasteiger partial charge in [0.1, 0.15) is 0 Å². The topological polar surface area (TPSA) is 48.0 Å². The number of nitrogens with zero attached hydrogens (tertiary/aromatic N) is 1. The van der Waals surface area contributed by atoms with E-state index in [1.54, 1.807) is 19.1 Å². The second-order valence-electron chi connectivity index (χ2n) is 4.51. The van der Waals surface area contributed by atoms with E-state index in [2.05, 4.69) is 0 Å². The van der Waals surface area contributed by atoms with Crippen molar-refractivity contribution >= 4 is 5.69 Å². The molecule has 0 spiro atoms. The number of rotatable bonds is 2. The van der Waals surface area contributed by atoms with Gasteiger partial charge in [-0.1, -0.05) is 12.1 Å². The summed E-state index contributed by atoms with van der Waals surface area (Å²) in [6.07, 6.45) is -4.50. The summed E-state index contributed by atoms with van der Waals surface area (Å²) < 4.78 is 40.3. The van der Waals surface area contributed by atoms with Crippen molar-refractivity contribution in [2.75, 3.05) is 5.73 Å². The maximum absolute atomic E-state index is 13.0. The molecular formula is C14H13F3N2O. The summed E-state index contributed by atoms with van der Waals surface area (Å²) in [4.78, 5) is 11.7. The van der Waals surface area contributed by atoms with Crippen molar-refractivity contribution in [3.8, 4) is 0 Å². The molecule has 106 valence electrons. The third-order valence-corrected chi connectivity index (χ3v) is 3.04. The Morgan fingerprint density at radius 3 is 2.50 bits per heavy atom. The molecule has 0 unspecified atom stereocenters. The van der Waals surface area contributed by atoms with Gasteiger partial charge in [0.25, 0.3) is 5.56 Å². The average molecular weight is 282 g/mol. The van der Waals surface area contributed by atoms with Gasteiger partial charge in [-0.3, -0.25) is 4.79 Å². The summed E-state index contributed by atoms with van der Waals surface area (Å²) in [7, 11) is 0. The molecule has 0 aliphatic heterocycles. The van der Waals surface area contributed by atoms with Crippen LogP contribution in [0.2, 0.25) is 0 Å². The van der Waals surface area contributed by atoms with E-state index in [0.717, 1.165) is 6.07 Å². The second-order valence-corrected chi connectivity index (χ2v) is 4.51. The highest BCUT2D eigenvalue weighted by molar-refractivity contribution is 5.46. The Morgan fingerprint density at radius 2 is 1.90 bits per heavy atom. The standard InChI is InChI=1S/C14H13F3N2O/c1-9-3-2-4-13(20)19(9)8-10-5-6-11(18)7-12(10)14(15,16)17/h2-7H,8,18H2,1H3. The van der Waals surface area contributed by atoms with Gasteiger partial charge < -0.3 is 10.3 Å². The lowest BCUT2D eigenvalue weighted by Gasteiger charge is -2.16. The first-order valence-electron chi connectivity index (χ1n) is 5.91. The van der Waals surface area contributed by atoms with Crippen molar-refractivity contribution in [3.63, 3.8) is 0 Å². The number of aromatic nitrogens is 1. The molecule has 1 aromatic carbocycles. The molecule has 0 saturated carbocycles. The maximum Gasteiger partial charge on any atom is 0.416 e. The third-order valence-electron chi connectivity index (χ3n) is 3.04. The Morgan fingerprint density at radius 1 is 1.20 bits per heavy atom. The van der Waals surface area contributed by atoms with Crippen LogP contribution in [0, 0.1) is 6.92 Å². The number of hydrogen-bond acceptors (Lipinski definition) is 2. The number of anilines is 1. The molecule has 2 aromatic rings. The lowest BCUT2D eigenvalue weighted by atomic mass is 10.1. The van der Waals surface area contributed by atoms with Crippen LogP contribution in [0.25, 0.3) is 0 Å². The molecular weight excluding hydrogens is 269 g/mol. The van der Waals surface area contributed by atoms with Crippen molar-refractivity contribution in [2.45, 2.75) is 19.6 Å². The number of nitrogens with two attached hydrogens (primary N) is 1. The summed E-state index contributed by atoms with van der Waals surface area (Å²) >= 11 is 0. The molecule has 0 amide bonds. The van der Waals surface area contributed by atoms with Crippen LogP contribution in [0.15, 0.2) is 41.2 Å². The number of pyridine rings is 1. The van der Waals surface area contributed by atoms with E-state index < -0.39 is 11.7 Å². The summed E-state index contributed by atoms with van der Waals surface area (Å²) in [6, 6.07) is 8.15. The lowest BCUT2D eigenvalue weighted by Crippen LogP contribution is -2.23. The molecule has 0 bridgehead atoms. The average Bonchev–Trinajstić information content (AvgIpc) is 2.34. The zero-order valence-corrected chi connectivity index (χ0v) is 10.7. The zero-order chi connectivity index (χ0) is 14.9. The number of aryl methyl sites for hydroxylation is 1. The summed E-state index contributed by atoms with van der Waals surface area (Å²) in [5.74, 6) is 0. The van der Waals surface area contributed by atoms with Crippen LogP contribution in [0.3, 0.4) is 0 Å². The summed E-state index contributed by atoms with van der Waals surface area (Å²) in [5, 5.41) is 0. The highest BCUT2D eigenvalue weighted by atomic mass is 19.4. The Kier molecular flexibility index (Phi) is 3.57. The Labute approximate surface area is 113 Å². The van der Waals surface area contributed by atoms with Gasteiger partial charge in [-0.15, -0.1) is 0 Å². The van der Waals surface area contributed by atoms with Crippen molar-refractivity contribution in [1.29, 1.82) is 0 Å². The monoisotopic (exact) mass is 282 g/mol. The van der Waals surface area contributed by atoms with E-state index in [0.29, 0.717) is 5.69 Å². The first kappa shape index (κ1) is 14.2. The SMILES string of the molecule is Cc1cccc(=O)n1Cc1ccc(N)cc1C(F)(F)F. The van der Waals surface area contributed by atoms with Gasteiger partial charge in [0.2, 0.25) is 0 Å². The van der Waals surface area contributed by atoms with Gasteiger partial charge in [-0.25, -0.2) is 0 Å². The number of alkyl halides is 3. The van der Waals surface area contributed by atoms with Gasteiger partial charge in [-0.05, 0) is 30.7 Å². The highest BCUT2D eigenvalue weighted by Crippen LogP contribution is 2.33. The largest absolute Gasteiger partial charge is 0.416 e. The molecule has 0 saturated heterocycles. The minimum Gasteiger partial charge on any atom is -0.399 e. The Balaban J connectivity index is 2.52. The van der Waals surface area contributed by atoms with Crippen molar-refractivity contribution in [2.24, 2.45) is 0 Å². The van der Waals surface area contributed by atoms with E-state index in [9.17, 15) is 18.0 Å². The van der Waals surface area contributed by atoms with Crippen LogP contribution in [0.5, 0.6) is 0 Å². The van der Waals surface area contributed by atoms with Gasteiger partial charge in [0, 0.05) is 17.4 Å². The van der Waals surface area contributed by atoms with Crippen LogP contribution < -0.4 is 11.3 Å². The predicted octanol–water partition coefficient (Wildman–Crippen LogP) is 2.81. The van der Waals surface area contributed by atoms with Crippen LogP contribution in [-0.4, -0.2) is 4.57 Å². The smallest absolute Gasteiger partial charge is 0.399 e. The third kappa shape index (κ3) is 2.84. The number of nitrogen functional groups attached to an aromatic ring is 1. The van der Waals surface area contributed by atoms with Crippen LogP contribution in [0.4, 0.5) is 18.9 Å². The molecule has 1 aromatic heterocycles. The summed E-state index contributed by atoms with van der Waals surface area (Å²) in [5.41, 5.74) is 4.91. The molecule has 1 heterocycles. The summed E-state index contributed by atoms with van der Waals surface area (Å²) in [6.45, 7) is 1.53. The van der Waals surface area contributed by atoms with E-state index >= 15 is 0 Å². The van der Waals surface area contributed by atoms with E-state index in [-0.39, 0.29) is 23.4 Å². The van der Waals surface area contributed by atoms with E-state index in [1.165, 1.54) is 22.8 Å². The molecule has 20 heavy (non-hydrogen) atoms. The van der Waals surface area contributed by atoms with Crippen LogP contribution >= 0.6 is 0 Å². The predicted molar refractivity (Wildman–Crippen MR) is 70.4 cm³/mol. The minimum absolute atomic E-state index is 0.0168. The van der Waals surface area contributed by atoms with Gasteiger partial charge in [-0.2, -0.15) is 13.2 Å². The number of benzene rings is 1. The first-order valence-corrected chi connectivity index (χ1v) is 5.91. The number of halogens is 3. The molecule has 0 aliphatic rings. The normalized spacial score (nSPS) is 11.6. The molecule has 0 atom stereocenters. The second kappa shape index (κ2) is 5.03. The first-order chi connectivity index (χ1) is 9.29. The molecule has 0 radical (unpaired) electrons. The van der Waals surface area contributed by atoms with E-state index in [4.69, 9.17) is 5.73 Å². The molecule has 2 rings (SSSR count). The van der Waals surface area contributed by atoms with Crippen molar-refractivity contribution in [3.05, 3.63) is 63.6 Å². The van der Waals surface area contributed by atoms with Gasteiger partial charge in [0.05, 0.1) is 12.1 Å². The quantitative estimate of drug-likeness (QED) is 0.861. The fraction of sp³-hybridized carbons (Fsp3) is 0.214. The molecule has 0 fully saturated rings. The minimum atomic E-state index is -4.50. The zero-order valence-electron chi connectivity index (χ0n) is 10.7. The van der Waals surface area contributed by atoms with E-state index in [1.807, 2.05) is 0 Å². The maximum atomic E-state index is 13.0. The molecule has 2 N–H and O–H groups in total. The van der Waals surface area contributed by atoms with Gasteiger partial charge >= 0.3 is 6.18 Å².